The Labute approximate surface area is 109 Å². The Morgan fingerprint density at radius 1 is 1.05 bits per heavy atom. The molecule has 92 valence electrons. The van der Waals surface area contributed by atoms with Gasteiger partial charge in [-0.05, 0) is 23.3 Å². The number of nitrogens with one attached hydrogen (secondary N) is 1. The van der Waals surface area contributed by atoms with Crippen LogP contribution in [-0.4, -0.2) is 10.1 Å². The van der Waals surface area contributed by atoms with E-state index in [0.29, 0.717) is 17.2 Å². The second-order valence-corrected chi connectivity index (χ2v) is 4.84. The van der Waals surface area contributed by atoms with Gasteiger partial charge >= 0.3 is 0 Å². The van der Waals surface area contributed by atoms with Gasteiger partial charge in [-0.2, -0.15) is 0 Å². The first-order valence-electron chi connectivity index (χ1n) is 6.21. The van der Waals surface area contributed by atoms with Crippen LogP contribution in [0.1, 0.15) is 11.3 Å². The second-order valence-electron chi connectivity index (χ2n) is 4.84. The van der Waals surface area contributed by atoms with E-state index in [-0.39, 0.29) is 11.3 Å². The molecule has 0 spiro atoms. The van der Waals surface area contributed by atoms with Gasteiger partial charge in [0.15, 0.2) is 0 Å². The Morgan fingerprint density at radius 3 is 2.79 bits per heavy atom. The molecule has 1 aliphatic carbocycles. The van der Waals surface area contributed by atoms with Crippen LogP contribution in [-0.2, 0) is 6.42 Å². The maximum Gasteiger partial charge on any atom is 0.256 e. The van der Waals surface area contributed by atoms with Gasteiger partial charge in [-0.1, -0.05) is 30.3 Å². The van der Waals surface area contributed by atoms with Gasteiger partial charge in [-0.3, -0.25) is 4.79 Å². The third-order valence-corrected chi connectivity index (χ3v) is 3.76. The monoisotopic (exact) mass is 249 g/mol. The minimum Gasteiger partial charge on any atom is -0.507 e. The highest BCUT2D eigenvalue weighted by Crippen LogP contribution is 2.41. The van der Waals surface area contributed by atoms with Crippen LogP contribution in [0.15, 0.2) is 47.3 Å². The standard InChI is InChI=1S/C16H11NO2/c18-13-7-3-6-11-15(13)14-10-5-2-1-4-9(10)8-12(14)17-16(11)19/h1-7,18H,8H2,(H,17,19). The Bertz CT molecular complexity index is 878. The lowest BCUT2D eigenvalue weighted by Crippen LogP contribution is -2.09. The summed E-state index contributed by atoms with van der Waals surface area (Å²) in [5, 5.41) is 11.3. The highest BCUT2D eigenvalue weighted by molar-refractivity contribution is 6.03. The summed E-state index contributed by atoms with van der Waals surface area (Å²) in [5.74, 6) is 0.163. The zero-order valence-corrected chi connectivity index (χ0v) is 10.1. The Morgan fingerprint density at radius 2 is 1.89 bits per heavy atom. The van der Waals surface area contributed by atoms with E-state index < -0.39 is 0 Å². The van der Waals surface area contributed by atoms with Gasteiger partial charge in [0.25, 0.3) is 5.56 Å². The molecular formula is C16H11NO2. The Balaban J connectivity index is 2.26. The summed E-state index contributed by atoms with van der Waals surface area (Å²) in [6, 6.07) is 13.1. The molecule has 0 bridgehead atoms. The van der Waals surface area contributed by atoms with Crippen molar-refractivity contribution in [3.05, 3.63) is 64.1 Å². The third kappa shape index (κ3) is 1.30. The lowest BCUT2D eigenvalue weighted by molar-refractivity contribution is 0.481. The summed E-state index contributed by atoms with van der Waals surface area (Å²) >= 11 is 0. The molecule has 3 aromatic rings. The minimum absolute atomic E-state index is 0.141. The first kappa shape index (κ1) is 10.4. The van der Waals surface area contributed by atoms with Gasteiger partial charge in [-0.25, -0.2) is 0 Å². The predicted octanol–water partition coefficient (Wildman–Crippen LogP) is 2.80. The lowest BCUT2D eigenvalue weighted by atomic mass is 10.0. The van der Waals surface area contributed by atoms with Crippen molar-refractivity contribution in [2.45, 2.75) is 6.42 Å². The Hall–Kier alpha value is -2.55. The molecule has 1 aliphatic rings. The molecule has 0 atom stereocenters. The zero-order chi connectivity index (χ0) is 13.0. The van der Waals surface area contributed by atoms with Crippen LogP contribution in [0.3, 0.4) is 0 Å². The molecule has 0 saturated carbocycles. The second kappa shape index (κ2) is 3.48. The average Bonchev–Trinajstić information content (AvgIpc) is 2.77. The van der Waals surface area contributed by atoms with Crippen molar-refractivity contribution < 1.29 is 5.11 Å². The number of phenolic OH excluding ortho intramolecular Hbond substituents is 1. The van der Waals surface area contributed by atoms with Crippen LogP contribution >= 0.6 is 0 Å². The van der Waals surface area contributed by atoms with E-state index in [9.17, 15) is 9.90 Å². The van der Waals surface area contributed by atoms with Crippen molar-refractivity contribution in [3.63, 3.8) is 0 Å². The van der Waals surface area contributed by atoms with Gasteiger partial charge in [0.1, 0.15) is 5.75 Å². The molecule has 0 radical (unpaired) electrons. The molecule has 0 unspecified atom stereocenters. The van der Waals surface area contributed by atoms with Crippen LogP contribution in [0.2, 0.25) is 0 Å². The molecule has 19 heavy (non-hydrogen) atoms. The van der Waals surface area contributed by atoms with Crippen LogP contribution < -0.4 is 5.56 Å². The minimum atomic E-state index is -0.141. The largest absolute Gasteiger partial charge is 0.507 e. The summed E-state index contributed by atoms with van der Waals surface area (Å²) in [6.45, 7) is 0. The predicted molar refractivity (Wildman–Crippen MR) is 74.5 cm³/mol. The van der Waals surface area contributed by atoms with E-state index in [1.807, 2.05) is 18.2 Å². The summed E-state index contributed by atoms with van der Waals surface area (Å²) < 4.78 is 0. The number of phenols is 1. The van der Waals surface area contributed by atoms with Crippen LogP contribution in [0.25, 0.3) is 21.9 Å². The first-order valence-corrected chi connectivity index (χ1v) is 6.21. The van der Waals surface area contributed by atoms with Crippen molar-refractivity contribution in [1.82, 2.24) is 4.98 Å². The fourth-order valence-corrected chi connectivity index (χ4v) is 2.95. The maximum absolute atomic E-state index is 12.1. The number of rotatable bonds is 0. The van der Waals surface area contributed by atoms with E-state index in [1.165, 1.54) is 5.56 Å². The van der Waals surface area contributed by atoms with Crippen LogP contribution in [0.4, 0.5) is 0 Å². The number of benzene rings is 2. The number of fused-ring (bicyclic) bond motifs is 5. The topological polar surface area (TPSA) is 53.1 Å². The van der Waals surface area contributed by atoms with Gasteiger partial charge in [0.2, 0.25) is 0 Å². The smallest absolute Gasteiger partial charge is 0.256 e. The van der Waals surface area contributed by atoms with E-state index in [2.05, 4.69) is 11.1 Å². The van der Waals surface area contributed by atoms with E-state index in [0.717, 1.165) is 16.8 Å². The fourth-order valence-electron chi connectivity index (χ4n) is 2.95. The summed E-state index contributed by atoms with van der Waals surface area (Å²) in [4.78, 5) is 15.0. The highest BCUT2D eigenvalue weighted by Gasteiger charge is 2.23. The Kier molecular flexibility index (Phi) is 1.90. The number of H-pyrrole nitrogens is 1. The number of hydrogen-bond donors (Lipinski definition) is 2. The number of aromatic nitrogens is 1. The maximum atomic E-state index is 12.1. The number of aromatic amines is 1. The lowest BCUT2D eigenvalue weighted by Gasteiger charge is -2.07. The molecular weight excluding hydrogens is 238 g/mol. The molecule has 0 saturated heterocycles. The van der Waals surface area contributed by atoms with Crippen LogP contribution in [0.5, 0.6) is 5.75 Å². The average molecular weight is 249 g/mol. The number of aromatic hydroxyl groups is 1. The number of pyridine rings is 1. The third-order valence-electron chi connectivity index (χ3n) is 3.76. The normalized spacial score (nSPS) is 12.4. The quantitative estimate of drug-likeness (QED) is 0.503. The molecule has 3 nitrogen and oxygen atoms in total. The SMILES string of the molecule is O=c1[nH]c2c(c3c(O)cccc13)-c1ccccc1C2. The summed E-state index contributed by atoms with van der Waals surface area (Å²) in [5.41, 5.74) is 3.99. The molecule has 0 aliphatic heterocycles. The molecule has 2 aromatic carbocycles. The van der Waals surface area contributed by atoms with Crippen molar-refractivity contribution in [2.24, 2.45) is 0 Å². The van der Waals surface area contributed by atoms with Gasteiger partial charge in [-0.15, -0.1) is 0 Å². The van der Waals surface area contributed by atoms with Crippen molar-refractivity contribution in [2.75, 3.05) is 0 Å². The molecule has 0 amide bonds. The van der Waals surface area contributed by atoms with E-state index in [4.69, 9.17) is 0 Å². The number of hydrogen-bond acceptors (Lipinski definition) is 2. The zero-order valence-electron chi connectivity index (χ0n) is 10.1. The molecule has 3 heteroatoms. The van der Waals surface area contributed by atoms with Gasteiger partial charge in [0.05, 0.1) is 5.39 Å². The molecule has 1 heterocycles. The highest BCUT2D eigenvalue weighted by atomic mass is 16.3. The fraction of sp³-hybridized carbons (Fsp3) is 0.0625. The van der Waals surface area contributed by atoms with Gasteiger partial charge in [0, 0.05) is 23.1 Å². The summed E-state index contributed by atoms with van der Waals surface area (Å²) in [6.07, 6.45) is 0.713. The van der Waals surface area contributed by atoms with Crippen molar-refractivity contribution in [3.8, 4) is 16.9 Å². The molecule has 1 aromatic heterocycles. The van der Waals surface area contributed by atoms with Crippen molar-refractivity contribution in [1.29, 1.82) is 0 Å². The molecule has 2 N–H and O–H groups in total. The summed E-state index contributed by atoms with van der Waals surface area (Å²) in [7, 11) is 0. The molecule has 0 fully saturated rings. The molecule has 4 rings (SSSR count). The van der Waals surface area contributed by atoms with Gasteiger partial charge < -0.3 is 10.1 Å². The van der Waals surface area contributed by atoms with E-state index in [1.54, 1.807) is 18.2 Å². The van der Waals surface area contributed by atoms with Crippen LogP contribution in [0, 0.1) is 0 Å². The first-order chi connectivity index (χ1) is 9.25. The van der Waals surface area contributed by atoms with Crippen molar-refractivity contribution >= 4 is 10.8 Å². The van der Waals surface area contributed by atoms with E-state index >= 15 is 0 Å².